The highest BCUT2D eigenvalue weighted by Crippen LogP contribution is 2.32. The van der Waals surface area contributed by atoms with Gasteiger partial charge in [0.25, 0.3) is 5.89 Å². The van der Waals surface area contributed by atoms with Crippen molar-refractivity contribution in [3.8, 4) is 28.6 Å². The fourth-order valence-electron chi connectivity index (χ4n) is 4.21. The Morgan fingerprint density at radius 1 is 1.04 bits per heavy atom. The molecular formula is C29H20F7N5O5S. The molecule has 1 aliphatic rings. The summed E-state index contributed by atoms with van der Waals surface area (Å²) in [4.78, 5) is 34.6. The van der Waals surface area contributed by atoms with E-state index < -0.39 is 49.3 Å². The lowest BCUT2D eigenvalue weighted by atomic mass is 10.1. The predicted octanol–water partition coefficient (Wildman–Crippen LogP) is 7.50. The maximum atomic E-state index is 15.0. The molecule has 3 aromatic carbocycles. The average Bonchev–Trinajstić information content (AvgIpc) is 3.61. The van der Waals surface area contributed by atoms with E-state index in [9.17, 15) is 35.9 Å². The molecule has 1 aliphatic heterocycles. The van der Waals surface area contributed by atoms with Crippen LogP contribution in [0, 0.1) is 12.7 Å². The lowest BCUT2D eigenvalue weighted by molar-refractivity contribution is -0.274. The molecule has 1 aromatic heterocycles. The van der Waals surface area contributed by atoms with E-state index in [0.717, 1.165) is 34.9 Å². The zero-order chi connectivity index (χ0) is 33.9. The number of aromatic nitrogens is 2. The molecule has 0 aliphatic carbocycles. The first kappa shape index (κ1) is 33.4. The van der Waals surface area contributed by atoms with Crippen LogP contribution in [0.15, 0.2) is 70.2 Å². The van der Waals surface area contributed by atoms with E-state index in [4.69, 9.17) is 9.26 Å². The van der Waals surface area contributed by atoms with Crippen molar-refractivity contribution in [3.05, 3.63) is 77.6 Å². The summed E-state index contributed by atoms with van der Waals surface area (Å²) in [5.41, 5.74) is 1.24. The Bertz CT molecular complexity index is 1830. The van der Waals surface area contributed by atoms with Gasteiger partial charge in [-0.3, -0.25) is 9.69 Å². The molecule has 246 valence electrons. The number of carbonyl (C=O) groups excluding carboxylic acids is 2. The van der Waals surface area contributed by atoms with E-state index in [1.165, 1.54) is 30.3 Å². The van der Waals surface area contributed by atoms with Gasteiger partial charge in [-0.05, 0) is 61.0 Å². The quantitative estimate of drug-likeness (QED) is 0.190. The highest BCUT2D eigenvalue weighted by atomic mass is 32.2. The van der Waals surface area contributed by atoms with Gasteiger partial charge >= 0.3 is 18.6 Å². The van der Waals surface area contributed by atoms with Gasteiger partial charge in [0.15, 0.2) is 5.17 Å². The van der Waals surface area contributed by atoms with Crippen LogP contribution in [0.4, 0.5) is 46.9 Å². The topological polar surface area (TPSA) is 119 Å². The summed E-state index contributed by atoms with van der Waals surface area (Å²) in [6.45, 7) is -0.258. The average molecular weight is 684 g/mol. The van der Waals surface area contributed by atoms with E-state index in [-0.39, 0.29) is 50.7 Å². The highest BCUT2D eigenvalue weighted by Gasteiger charge is 2.33. The van der Waals surface area contributed by atoms with Gasteiger partial charge in [0, 0.05) is 16.7 Å². The number of nitrogens with one attached hydrogen (secondary N) is 1. The van der Waals surface area contributed by atoms with Gasteiger partial charge in [0.05, 0.1) is 23.7 Å². The van der Waals surface area contributed by atoms with E-state index in [1.807, 2.05) is 0 Å². The summed E-state index contributed by atoms with van der Waals surface area (Å²) in [5, 5.41) is 5.95. The third-order valence-electron chi connectivity index (χ3n) is 6.20. The number of urea groups is 1. The second kappa shape index (κ2) is 13.4. The largest absolute Gasteiger partial charge is 0.573 e. The number of rotatable bonds is 8. The molecule has 0 unspecified atom stereocenters. The van der Waals surface area contributed by atoms with E-state index in [2.05, 4.69) is 25.2 Å². The molecule has 2 heterocycles. The first-order valence-corrected chi connectivity index (χ1v) is 14.2. The summed E-state index contributed by atoms with van der Waals surface area (Å²) in [7, 11) is 0. The van der Waals surface area contributed by atoms with Gasteiger partial charge < -0.3 is 19.3 Å². The van der Waals surface area contributed by atoms with E-state index in [1.54, 1.807) is 19.1 Å². The number of aryl methyl sites for hydroxylation is 1. The van der Waals surface area contributed by atoms with Crippen molar-refractivity contribution in [2.75, 3.05) is 22.6 Å². The Morgan fingerprint density at radius 2 is 1.77 bits per heavy atom. The van der Waals surface area contributed by atoms with E-state index >= 15 is 4.39 Å². The van der Waals surface area contributed by atoms with E-state index in [0.29, 0.717) is 5.56 Å². The Kier molecular flexibility index (Phi) is 9.53. The molecule has 10 nitrogen and oxygen atoms in total. The monoisotopic (exact) mass is 683 g/mol. The minimum atomic E-state index is -4.86. The second-order valence-electron chi connectivity index (χ2n) is 9.77. The van der Waals surface area contributed by atoms with Crippen molar-refractivity contribution in [3.63, 3.8) is 0 Å². The number of thioether (sulfide) groups is 1. The van der Waals surface area contributed by atoms with Crippen molar-refractivity contribution in [2.24, 2.45) is 4.99 Å². The Hall–Kier alpha value is -4.97. The number of hydrogen-bond donors (Lipinski definition) is 1. The van der Waals surface area contributed by atoms with Crippen molar-refractivity contribution in [1.29, 1.82) is 0 Å². The number of aliphatic imine (C=N–C) groups is 1. The number of ether oxygens (including phenoxy) is 2. The fraction of sp³-hybridized carbons (Fsp3) is 0.207. The molecule has 0 radical (unpaired) electrons. The maximum Gasteiger partial charge on any atom is 0.573 e. The van der Waals surface area contributed by atoms with Crippen molar-refractivity contribution < 1.29 is 54.3 Å². The van der Waals surface area contributed by atoms with Crippen molar-refractivity contribution >= 4 is 40.2 Å². The predicted molar refractivity (Wildman–Crippen MR) is 155 cm³/mol. The first-order valence-electron chi connectivity index (χ1n) is 13.2. The molecule has 0 atom stereocenters. The maximum absolute atomic E-state index is 15.0. The molecule has 18 heteroatoms. The highest BCUT2D eigenvalue weighted by molar-refractivity contribution is 8.15. The zero-order valence-electron chi connectivity index (χ0n) is 23.8. The fourth-order valence-corrected chi connectivity index (χ4v) is 5.06. The number of hydrogen-bond acceptors (Lipinski definition) is 8. The molecule has 1 fully saturated rings. The zero-order valence-corrected chi connectivity index (χ0v) is 24.6. The molecule has 1 N–H and O–H groups in total. The minimum absolute atomic E-state index is 0.0580. The smallest absolute Gasteiger partial charge is 0.406 e. The number of benzene rings is 3. The lowest BCUT2D eigenvalue weighted by Crippen LogP contribution is -2.31. The number of amides is 3. The molecule has 3 amide bonds. The molecular weight excluding hydrogens is 663 g/mol. The third-order valence-corrected chi connectivity index (χ3v) is 7.12. The standard InChI is InChI=1S/C29H20F7N5O5S/c1-15-2-3-18(12-44-14-28(31,32)33)22(10-15)41-23(42)13-47-27(41)39-26(43)37-21-9-6-17(11-20(21)30)24-38-25(46-40-24)16-4-7-19(8-5-16)45-29(34,35)36/h2-11H,12-14H2,1H3,(H,37,43)/b39-27-. The SMILES string of the molecule is Cc1ccc(COCC(F)(F)F)c(N2C(=O)CS/C2=N\C(=O)Nc2ccc(-c3noc(-c4ccc(OC(F)(F)F)cc4)n3)cc2F)c1. The molecule has 4 aromatic rings. The van der Waals surface area contributed by atoms with Crippen LogP contribution in [0.25, 0.3) is 22.8 Å². The summed E-state index contributed by atoms with van der Waals surface area (Å²) >= 11 is 0.909. The molecule has 47 heavy (non-hydrogen) atoms. The molecule has 1 saturated heterocycles. The second-order valence-corrected chi connectivity index (χ2v) is 10.7. The number of amidine groups is 1. The number of carbonyl (C=O) groups is 2. The molecule has 0 spiro atoms. The van der Waals surface area contributed by atoms with Gasteiger partial charge in [-0.1, -0.05) is 29.1 Å². The minimum Gasteiger partial charge on any atom is -0.406 e. The summed E-state index contributed by atoms with van der Waals surface area (Å²) < 4.78 is 104. The van der Waals surface area contributed by atoms with Crippen molar-refractivity contribution in [1.82, 2.24) is 10.1 Å². The number of halogens is 7. The first-order chi connectivity index (χ1) is 22.1. The van der Waals surface area contributed by atoms with Crippen LogP contribution < -0.4 is 15.0 Å². The van der Waals surface area contributed by atoms with Gasteiger partial charge in [-0.15, -0.1) is 13.2 Å². The Morgan fingerprint density at radius 3 is 2.45 bits per heavy atom. The number of nitrogens with zero attached hydrogens (tertiary/aromatic N) is 4. The number of alkyl halides is 6. The Balaban J connectivity index is 1.29. The third kappa shape index (κ3) is 8.64. The van der Waals surface area contributed by atoms with Crippen LogP contribution in [0.5, 0.6) is 5.75 Å². The van der Waals surface area contributed by atoms with Crippen LogP contribution >= 0.6 is 11.8 Å². The van der Waals surface area contributed by atoms with Gasteiger partial charge in [-0.2, -0.15) is 23.1 Å². The Labute approximate surface area is 264 Å². The van der Waals surface area contributed by atoms with Crippen LogP contribution in [0.2, 0.25) is 0 Å². The van der Waals surface area contributed by atoms with Crippen LogP contribution in [0.1, 0.15) is 11.1 Å². The summed E-state index contributed by atoms with van der Waals surface area (Å²) in [6, 6.07) is 11.8. The summed E-state index contributed by atoms with van der Waals surface area (Å²) in [5.74, 6) is -2.08. The van der Waals surface area contributed by atoms with Crippen LogP contribution in [0.3, 0.4) is 0 Å². The van der Waals surface area contributed by atoms with Crippen LogP contribution in [-0.4, -0.2) is 52.1 Å². The van der Waals surface area contributed by atoms with Gasteiger partial charge in [0.1, 0.15) is 18.2 Å². The summed E-state index contributed by atoms with van der Waals surface area (Å²) in [6.07, 6.45) is -9.41. The van der Waals surface area contributed by atoms with Crippen LogP contribution in [-0.2, 0) is 16.1 Å². The molecule has 0 saturated carbocycles. The molecule has 5 rings (SSSR count). The molecule has 0 bridgehead atoms. The normalized spacial score (nSPS) is 14.6. The van der Waals surface area contributed by atoms with Gasteiger partial charge in [0.2, 0.25) is 11.7 Å². The van der Waals surface area contributed by atoms with Crippen molar-refractivity contribution in [2.45, 2.75) is 26.1 Å². The number of anilines is 2. The lowest BCUT2D eigenvalue weighted by Gasteiger charge is -2.21. The van der Waals surface area contributed by atoms with Gasteiger partial charge in [-0.25, -0.2) is 9.18 Å².